The molecule has 0 saturated heterocycles. The molecule has 0 aliphatic heterocycles. The van der Waals surface area contributed by atoms with Gasteiger partial charge in [0.15, 0.2) is 0 Å². The Morgan fingerprint density at radius 3 is 1.57 bits per heavy atom. The van der Waals surface area contributed by atoms with E-state index < -0.39 is 61.3 Å². The van der Waals surface area contributed by atoms with Crippen LogP contribution in [0.5, 0.6) is 0 Å². The highest BCUT2D eigenvalue weighted by atomic mass is 16.4. The van der Waals surface area contributed by atoms with Gasteiger partial charge in [0.1, 0.15) is 12.1 Å². The van der Waals surface area contributed by atoms with E-state index >= 15 is 0 Å². The van der Waals surface area contributed by atoms with Crippen molar-refractivity contribution < 1.29 is 44.4 Å². The van der Waals surface area contributed by atoms with E-state index in [1.165, 1.54) is 0 Å². The van der Waals surface area contributed by atoms with Gasteiger partial charge >= 0.3 is 23.9 Å². The van der Waals surface area contributed by atoms with E-state index in [4.69, 9.17) is 20.4 Å². The van der Waals surface area contributed by atoms with Crippen molar-refractivity contribution in [1.29, 1.82) is 0 Å². The van der Waals surface area contributed by atoms with Gasteiger partial charge in [-0.2, -0.15) is 0 Å². The molecule has 2 atom stereocenters. The second-order valence-corrected chi connectivity index (χ2v) is 3.93. The van der Waals surface area contributed by atoms with Crippen molar-refractivity contribution in [3.05, 3.63) is 0 Å². The van der Waals surface area contributed by atoms with Crippen molar-refractivity contribution in [2.24, 2.45) is 0 Å². The maximum atomic E-state index is 11.4. The largest absolute Gasteiger partial charge is 0.481 e. The van der Waals surface area contributed by atoms with E-state index in [1.807, 2.05) is 5.32 Å². The number of rotatable bonds is 10. The van der Waals surface area contributed by atoms with E-state index in [1.54, 1.807) is 0 Å². The number of hydrogen-bond donors (Lipinski definition) is 6. The summed E-state index contributed by atoms with van der Waals surface area (Å²) in [5.41, 5.74) is 0. The van der Waals surface area contributed by atoms with Crippen molar-refractivity contribution in [3.63, 3.8) is 0 Å². The van der Waals surface area contributed by atoms with Gasteiger partial charge in [-0.3, -0.25) is 24.5 Å². The number of nitrogens with one attached hydrogen (secondary N) is 2. The zero-order chi connectivity index (χ0) is 16.6. The second-order valence-electron chi connectivity index (χ2n) is 3.93. The van der Waals surface area contributed by atoms with Crippen LogP contribution in [0.4, 0.5) is 0 Å². The van der Waals surface area contributed by atoms with Crippen LogP contribution in [0.25, 0.3) is 0 Å². The molecule has 0 bridgehead atoms. The SMILES string of the molecule is O=C(O)C[C@H](NCC(=O)N[C@@H](CC(=O)O)C(=O)O)C(=O)O. The number of aliphatic carboxylic acids is 4. The van der Waals surface area contributed by atoms with E-state index in [0.717, 1.165) is 0 Å². The van der Waals surface area contributed by atoms with Gasteiger partial charge in [-0.15, -0.1) is 0 Å². The molecule has 0 rings (SSSR count). The summed E-state index contributed by atoms with van der Waals surface area (Å²) in [5, 5.41) is 38.3. The molecule has 1 amide bonds. The summed E-state index contributed by atoms with van der Waals surface area (Å²) >= 11 is 0. The average Bonchev–Trinajstić information content (AvgIpc) is 2.32. The topological polar surface area (TPSA) is 190 Å². The summed E-state index contributed by atoms with van der Waals surface area (Å²) in [7, 11) is 0. The summed E-state index contributed by atoms with van der Waals surface area (Å²) in [5.74, 6) is -6.87. The second kappa shape index (κ2) is 8.47. The summed E-state index contributed by atoms with van der Waals surface area (Å²) < 4.78 is 0. The first kappa shape index (κ1) is 18.3. The predicted molar refractivity (Wildman–Crippen MR) is 63.5 cm³/mol. The van der Waals surface area contributed by atoms with Gasteiger partial charge in [-0.1, -0.05) is 0 Å². The predicted octanol–water partition coefficient (Wildman–Crippen LogP) is -2.45. The van der Waals surface area contributed by atoms with Gasteiger partial charge in [-0.05, 0) is 0 Å². The molecule has 0 spiro atoms. The quantitative estimate of drug-likeness (QED) is 0.252. The Balaban J connectivity index is 4.46. The minimum absolute atomic E-state index is 0.673. The molecule has 0 saturated carbocycles. The lowest BCUT2D eigenvalue weighted by atomic mass is 10.2. The molecule has 0 aromatic heterocycles. The van der Waals surface area contributed by atoms with Gasteiger partial charge in [0.05, 0.1) is 19.4 Å². The molecule has 11 heteroatoms. The summed E-state index contributed by atoms with van der Waals surface area (Å²) in [6.07, 6.45) is -1.63. The van der Waals surface area contributed by atoms with Crippen molar-refractivity contribution in [3.8, 4) is 0 Å². The van der Waals surface area contributed by atoms with Crippen molar-refractivity contribution in [2.75, 3.05) is 6.54 Å². The normalized spacial score (nSPS) is 13.0. The smallest absolute Gasteiger partial charge is 0.326 e. The fourth-order valence-corrected chi connectivity index (χ4v) is 1.26. The fourth-order valence-electron chi connectivity index (χ4n) is 1.26. The van der Waals surface area contributed by atoms with Crippen LogP contribution in [-0.2, 0) is 24.0 Å². The van der Waals surface area contributed by atoms with E-state index in [2.05, 4.69) is 5.32 Å². The van der Waals surface area contributed by atoms with Gasteiger partial charge in [0, 0.05) is 0 Å². The Hall–Kier alpha value is -2.69. The van der Waals surface area contributed by atoms with Crippen molar-refractivity contribution in [1.82, 2.24) is 10.6 Å². The van der Waals surface area contributed by atoms with Crippen LogP contribution >= 0.6 is 0 Å². The number of hydrogen-bond acceptors (Lipinski definition) is 6. The standard InChI is InChI=1S/C10H14N2O9/c13-6(12-5(10(20)21)2-8(16)17)3-11-4(9(18)19)1-7(14)15/h4-5,11H,1-3H2,(H,12,13)(H,14,15)(H,16,17)(H,18,19)(H,20,21)/t4-,5-/m0/s1. The van der Waals surface area contributed by atoms with E-state index in [-0.39, 0.29) is 0 Å². The highest BCUT2D eigenvalue weighted by Gasteiger charge is 2.25. The molecular formula is C10H14N2O9. The van der Waals surface area contributed by atoms with Crippen LogP contribution in [-0.4, -0.2) is 68.8 Å². The molecule has 0 fully saturated rings. The molecular weight excluding hydrogens is 292 g/mol. The molecule has 21 heavy (non-hydrogen) atoms. The van der Waals surface area contributed by atoms with Crippen LogP contribution in [0.15, 0.2) is 0 Å². The number of amides is 1. The Bertz CT molecular complexity index is 448. The Labute approximate surface area is 117 Å². The van der Waals surface area contributed by atoms with E-state index in [0.29, 0.717) is 0 Å². The minimum Gasteiger partial charge on any atom is -0.481 e. The first-order valence-electron chi connectivity index (χ1n) is 5.55. The van der Waals surface area contributed by atoms with Crippen LogP contribution < -0.4 is 10.6 Å². The molecule has 11 nitrogen and oxygen atoms in total. The molecule has 0 aliphatic rings. The Kier molecular flexibility index (Phi) is 7.39. The van der Waals surface area contributed by atoms with Crippen LogP contribution in [0.3, 0.4) is 0 Å². The van der Waals surface area contributed by atoms with Crippen molar-refractivity contribution >= 4 is 29.8 Å². The van der Waals surface area contributed by atoms with Crippen LogP contribution in [0, 0.1) is 0 Å². The molecule has 118 valence electrons. The summed E-state index contributed by atoms with van der Waals surface area (Å²) in [4.78, 5) is 53.6. The van der Waals surface area contributed by atoms with Crippen LogP contribution in [0.2, 0.25) is 0 Å². The minimum atomic E-state index is -1.67. The lowest BCUT2D eigenvalue weighted by molar-refractivity contribution is -0.147. The average molecular weight is 306 g/mol. The first-order chi connectivity index (χ1) is 9.63. The molecule has 0 unspecified atom stereocenters. The summed E-state index contributed by atoms with van der Waals surface area (Å²) in [6, 6.07) is -3.20. The zero-order valence-electron chi connectivity index (χ0n) is 10.6. The third-order valence-electron chi connectivity index (χ3n) is 2.20. The highest BCUT2D eigenvalue weighted by molar-refractivity contribution is 5.88. The lowest BCUT2D eigenvalue weighted by Gasteiger charge is -2.15. The van der Waals surface area contributed by atoms with Crippen LogP contribution in [0.1, 0.15) is 12.8 Å². The van der Waals surface area contributed by atoms with Gasteiger partial charge in [0.25, 0.3) is 0 Å². The third-order valence-corrected chi connectivity index (χ3v) is 2.20. The first-order valence-corrected chi connectivity index (χ1v) is 5.55. The number of carbonyl (C=O) groups excluding carboxylic acids is 1. The maximum absolute atomic E-state index is 11.4. The number of carbonyl (C=O) groups is 5. The molecule has 0 heterocycles. The molecule has 0 aromatic rings. The van der Waals surface area contributed by atoms with Gasteiger partial charge in [-0.25, -0.2) is 4.79 Å². The highest BCUT2D eigenvalue weighted by Crippen LogP contribution is 1.94. The number of carboxylic acid groups (broad SMARTS) is 4. The Morgan fingerprint density at radius 2 is 1.19 bits per heavy atom. The Morgan fingerprint density at radius 1 is 0.762 bits per heavy atom. The molecule has 6 N–H and O–H groups in total. The maximum Gasteiger partial charge on any atom is 0.326 e. The van der Waals surface area contributed by atoms with Gasteiger partial charge < -0.3 is 25.7 Å². The fraction of sp³-hybridized carbons (Fsp3) is 0.500. The van der Waals surface area contributed by atoms with Crippen molar-refractivity contribution in [2.45, 2.75) is 24.9 Å². The molecule has 0 radical (unpaired) electrons. The zero-order valence-corrected chi connectivity index (χ0v) is 10.6. The third kappa shape index (κ3) is 8.15. The monoisotopic (exact) mass is 306 g/mol. The van der Waals surface area contributed by atoms with E-state index in [9.17, 15) is 24.0 Å². The number of carboxylic acids is 4. The molecule has 0 aliphatic carbocycles. The van der Waals surface area contributed by atoms with Gasteiger partial charge in [0.2, 0.25) is 5.91 Å². The summed E-state index contributed by atoms with van der Waals surface area (Å²) in [6.45, 7) is -0.673. The lowest BCUT2D eigenvalue weighted by Crippen LogP contribution is -2.48. The molecule has 0 aromatic carbocycles.